The number of nitrogens with one attached hydrogen (secondary N) is 1. The molecule has 0 spiro atoms. The van der Waals surface area contributed by atoms with Crippen LogP contribution in [0.15, 0.2) is 41.3 Å². The van der Waals surface area contributed by atoms with Gasteiger partial charge in [0.15, 0.2) is 5.43 Å². The van der Waals surface area contributed by atoms with Crippen molar-refractivity contribution in [1.29, 1.82) is 0 Å². The van der Waals surface area contributed by atoms with E-state index in [1.807, 2.05) is 30.4 Å². The smallest absolute Gasteiger partial charge is 0.189 e. The Bertz CT molecular complexity index is 555. The van der Waals surface area contributed by atoms with Gasteiger partial charge in [0.2, 0.25) is 0 Å². The van der Waals surface area contributed by atoms with Crippen molar-refractivity contribution >= 4 is 17.0 Å². The lowest BCUT2D eigenvalue weighted by molar-refractivity contribution is 1.26. The highest BCUT2D eigenvalue weighted by Gasteiger charge is 1.99. The third-order valence-corrected chi connectivity index (χ3v) is 2.26. The van der Waals surface area contributed by atoms with Crippen LogP contribution in [-0.4, -0.2) is 11.5 Å². The molecule has 3 N–H and O–H groups in total. The van der Waals surface area contributed by atoms with Crippen LogP contribution in [0, 0.1) is 0 Å². The van der Waals surface area contributed by atoms with Crippen molar-refractivity contribution in [1.82, 2.24) is 4.98 Å². The lowest BCUT2D eigenvalue weighted by atomic mass is 10.1. The van der Waals surface area contributed by atoms with Crippen molar-refractivity contribution in [3.8, 4) is 0 Å². The van der Waals surface area contributed by atoms with Crippen molar-refractivity contribution in [3.63, 3.8) is 0 Å². The van der Waals surface area contributed by atoms with Crippen molar-refractivity contribution in [3.05, 3.63) is 52.3 Å². The second-order valence-electron chi connectivity index (χ2n) is 3.25. The fourth-order valence-corrected chi connectivity index (χ4v) is 1.56. The van der Waals surface area contributed by atoms with E-state index in [2.05, 4.69) is 4.98 Å². The molecule has 76 valence electrons. The topological polar surface area (TPSA) is 58.9 Å². The first-order chi connectivity index (χ1) is 7.33. The number of hydrogen-bond donors (Lipinski definition) is 2. The van der Waals surface area contributed by atoms with Crippen LogP contribution < -0.4 is 11.2 Å². The van der Waals surface area contributed by atoms with Crippen LogP contribution in [-0.2, 0) is 0 Å². The molecule has 3 heteroatoms. The Morgan fingerprint density at radius 2 is 2.20 bits per heavy atom. The molecular weight excluding hydrogens is 188 g/mol. The predicted molar refractivity (Wildman–Crippen MR) is 62.7 cm³/mol. The molecule has 0 fully saturated rings. The lowest BCUT2D eigenvalue weighted by Crippen LogP contribution is -2.00. The molecule has 1 heterocycles. The van der Waals surface area contributed by atoms with Gasteiger partial charge in [-0.25, -0.2) is 0 Å². The monoisotopic (exact) mass is 200 g/mol. The van der Waals surface area contributed by atoms with E-state index in [0.29, 0.717) is 11.9 Å². The summed E-state index contributed by atoms with van der Waals surface area (Å²) in [6.45, 7) is 0.494. The molecule has 0 unspecified atom stereocenters. The number of rotatable bonds is 2. The van der Waals surface area contributed by atoms with Gasteiger partial charge in [-0.2, -0.15) is 0 Å². The summed E-state index contributed by atoms with van der Waals surface area (Å²) in [6.07, 6.45) is 5.43. The molecule has 0 bridgehead atoms. The Balaban J connectivity index is 2.71. The SMILES string of the molecule is NCC=Cc1cccc2c(=O)cc[nH]c12. The fraction of sp³-hybridized carbons (Fsp3) is 0.0833. The van der Waals surface area contributed by atoms with Gasteiger partial charge in [0.05, 0.1) is 5.52 Å². The van der Waals surface area contributed by atoms with Gasteiger partial charge < -0.3 is 10.7 Å². The predicted octanol–water partition coefficient (Wildman–Crippen LogP) is 1.50. The Morgan fingerprint density at radius 1 is 1.33 bits per heavy atom. The standard InChI is InChI=1S/C12H12N2O/c13-7-2-4-9-3-1-5-10-11(15)6-8-14-12(9)10/h1-6,8H,7,13H2,(H,14,15). The van der Waals surface area contributed by atoms with E-state index in [0.717, 1.165) is 11.1 Å². The quantitative estimate of drug-likeness (QED) is 0.771. The van der Waals surface area contributed by atoms with Gasteiger partial charge in [0, 0.05) is 24.2 Å². The van der Waals surface area contributed by atoms with Crippen LogP contribution in [0.25, 0.3) is 17.0 Å². The van der Waals surface area contributed by atoms with Gasteiger partial charge in [0.1, 0.15) is 0 Å². The number of pyridine rings is 1. The summed E-state index contributed by atoms with van der Waals surface area (Å²) in [5.74, 6) is 0. The maximum absolute atomic E-state index is 11.5. The number of aromatic nitrogens is 1. The highest BCUT2D eigenvalue weighted by molar-refractivity contribution is 5.86. The van der Waals surface area contributed by atoms with Crippen LogP contribution in [0.1, 0.15) is 5.56 Å². The molecular formula is C12H12N2O. The number of fused-ring (bicyclic) bond motifs is 1. The highest BCUT2D eigenvalue weighted by atomic mass is 16.1. The zero-order valence-electron chi connectivity index (χ0n) is 8.23. The van der Waals surface area contributed by atoms with Crippen LogP contribution in [0.4, 0.5) is 0 Å². The zero-order chi connectivity index (χ0) is 10.7. The van der Waals surface area contributed by atoms with E-state index in [4.69, 9.17) is 5.73 Å². The van der Waals surface area contributed by atoms with E-state index >= 15 is 0 Å². The molecule has 0 aliphatic heterocycles. The van der Waals surface area contributed by atoms with Gasteiger partial charge in [-0.1, -0.05) is 24.3 Å². The normalized spacial score (nSPS) is 11.3. The Hall–Kier alpha value is -1.87. The first-order valence-corrected chi connectivity index (χ1v) is 4.80. The van der Waals surface area contributed by atoms with Gasteiger partial charge in [0.25, 0.3) is 0 Å². The van der Waals surface area contributed by atoms with Gasteiger partial charge >= 0.3 is 0 Å². The number of benzene rings is 1. The molecule has 0 amide bonds. The van der Waals surface area contributed by atoms with E-state index in [9.17, 15) is 4.79 Å². The average molecular weight is 200 g/mol. The average Bonchev–Trinajstić information content (AvgIpc) is 2.27. The lowest BCUT2D eigenvalue weighted by Gasteiger charge is -2.00. The Morgan fingerprint density at radius 3 is 3.00 bits per heavy atom. The van der Waals surface area contributed by atoms with Crippen LogP contribution in [0.5, 0.6) is 0 Å². The molecule has 0 atom stereocenters. The molecule has 0 saturated heterocycles. The van der Waals surface area contributed by atoms with Crippen molar-refractivity contribution in [2.75, 3.05) is 6.54 Å². The maximum atomic E-state index is 11.5. The number of hydrogen-bond acceptors (Lipinski definition) is 2. The molecule has 0 aliphatic carbocycles. The maximum Gasteiger partial charge on any atom is 0.189 e. The molecule has 1 aromatic heterocycles. The van der Waals surface area contributed by atoms with Crippen molar-refractivity contribution in [2.24, 2.45) is 5.73 Å². The number of nitrogens with two attached hydrogens (primary N) is 1. The van der Waals surface area contributed by atoms with E-state index in [1.165, 1.54) is 6.07 Å². The zero-order valence-corrected chi connectivity index (χ0v) is 8.23. The minimum absolute atomic E-state index is 0.0340. The summed E-state index contributed by atoms with van der Waals surface area (Å²) >= 11 is 0. The van der Waals surface area contributed by atoms with E-state index in [1.54, 1.807) is 6.20 Å². The minimum atomic E-state index is 0.0340. The molecule has 0 saturated carbocycles. The van der Waals surface area contributed by atoms with Gasteiger partial charge in [-0.15, -0.1) is 0 Å². The van der Waals surface area contributed by atoms with Crippen molar-refractivity contribution < 1.29 is 0 Å². The summed E-state index contributed by atoms with van der Waals surface area (Å²) in [4.78, 5) is 14.6. The third kappa shape index (κ3) is 1.82. The Kier molecular flexibility index (Phi) is 2.65. The second-order valence-corrected chi connectivity index (χ2v) is 3.25. The third-order valence-electron chi connectivity index (χ3n) is 2.26. The molecule has 0 radical (unpaired) electrons. The number of H-pyrrole nitrogens is 1. The summed E-state index contributed by atoms with van der Waals surface area (Å²) < 4.78 is 0. The minimum Gasteiger partial charge on any atom is -0.360 e. The molecule has 2 aromatic rings. The molecule has 0 aliphatic rings. The first kappa shape index (κ1) is 9.68. The summed E-state index contributed by atoms with van der Waals surface area (Å²) in [5.41, 5.74) is 7.26. The molecule has 3 nitrogen and oxygen atoms in total. The van der Waals surface area contributed by atoms with Crippen LogP contribution in [0.2, 0.25) is 0 Å². The van der Waals surface area contributed by atoms with E-state index < -0.39 is 0 Å². The summed E-state index contributed by atoms with van der Waals surface area (Å²) in [7, 11) is 0. The van der Waals surface area contributed by atoms with Crippen molar-refractivity contribution in [2.45, 2.75) is 0 Å². The largest absolute Gasteiger partial charge is 0.360 e. The first-order valence-electron chi connectivity index (χ1n) is 4.80. The molecule has 2 rings (SSSR count). The number of aromatic amines is 1. The second kappa shape index (κ2) is 4.11. The number of para-hydroxylation sites is 1. The fourth-order valence-electron chi connectivity index (χ4n) is 1.56. The van der Waals surface area contributed by atoms with Crippen LogP contribution >= 0.6 is 0 Å². The van der Waals surface area contributed by atoms with Gasteiger partial charge in [-0.3, -0.25) is 4.79 Å². The van der Waals surface area contributed by atoms with E-state index in [-0.39, 0.29) is 5.43 Å². The Labute approximate surface area is 87.2 Å². The molecule has 1 aromatic carbocycles. The highest BCUT2D eigenvalue weighted by Crippen LogP contribution is 2.13. The van der Waals surface area contributed by atoms with Crippen LogP contribution in [0.3, 0.4) is 0 Å². The summed E-state index contributed by atoms with van der Waals surface area (Å²) in [5, 5.41) is 0.705. The molecule has 15 heavy (non-hydrogen) atoms. The van der Waals surface area contributed by atoms with Gasteiger partial charge in [-0.05, 0) is 11.6 Å². The summed E-state index contributed by atoms with van der Waals surface area (Å²) in [6, 6.07) is 7.16.